The van der Waals surface area contributed by atoms with Crippen molar-refractivity contribution in [2.75, 3.05) is 11.4 Å². The Balaban J connectivity index is 2.20. The molecule has 0 bridgehead atoms. The second kappa shape index (κ2) is 3.14. The molecule has 0 aromatic carbocycles. The minimum Gasteiger partial charge on any atom is -0.398 e. The molecule has 4 nitrogen and oxygen atoms in total. The molecular formula is C8H9ClN4. The van der Waals surface area contributed by atoms with Crippen LogP contribution in [0.5, 0.6) is 0 Å². The highest BCUT2D eigenvalue weighted by atomic mass is 35.5. The zero-order chi connectivity index (χ0) is 9.26. The second-order valence-corrected chi connectivity index (χ2v) is 3.20. The average Bonchev–Trinajstić information content (AvgIpc) is 2.62. The number of nitrogens with one attached hydrogen (secondary N) is 1. The van der Waals surface area contributed by atoms with Crippen LogP contribution in [0.4, 0.5) is 5.82 Å². The van der Waals surface area contributed by atoms with Crippen LogP contribution in [0.15, 0.2) is 35.3 Å². The number of allylic oxidation sites excluding steroid dienone is 1. The van der Waals surface area contributed by atoms with Gasteiger partial charge in [0.1, 0.15) is 5.82 Å². The van der Waals surface area contributed by atoms with Crippen molar-refractivity contribution in [2.45, 2.75) is 0 Å². The highest BCUT2D eigenvalue weighted by Crippen LogP contribution is 2.19. The standard InChI is InChI=1S/C8H9ClN4/c9-6-5-13(4-2-7(6)10)8-1-3-11-12-8/h1-4H,5,10H2,(H,11,12). The van der Waals surface area contributed by atoms with Crippen molar-refractivity contribution in [1.29, 1.82) is 0 Å². The Kier molecular flexibility index (Phi) is 1.98. The number of aromatic nitrogens is 2. The van der Waals surface area contributed by atoms with Gasteiger partial charge in [-0.25, -0.2) is 0 Å². The Morgan fingerprint density at radius 1 is 1.62 bits per heavy atom. The minimum absolute atomic E-state index is 0.589. The summed E-state index contributed by atoms with van der Waals surface area (Å²) >= 11 is 5.91. The fourth-order valence-electron chi connectivity index (χ4n) is 1.13. The number of hydrogen-bond donors (Lipinski definition) is 2. The number of aromatic amines is 1. The topological polar surface area (TPSA) is 57.9 Å². The third-order valence-electron chi connectivity index (χ3n) is 1.85. The monoisotopic (exact) mass is 196 g/mol. The molecule has 3 N–H and O–H groups in total. The molecule has 1 aromatic rings. The van der Waals surface area contributed by atoms with Crippen LogP contribution in [0.3, 0.4) is 0 Å². The zero-order valence-electron chi connectivity index (χ0n) is 6.87. The van der Waals surface area contributed by atoms with Crippen molar-refractivity contribution >= 4 is 17.4 Å². The normalized spacial score (nSPS) is 16.8. The largest absolute Gasteiger partial charge is 0.398 e. The summed E-state index contributed by atoms with van der Waals surface area (Å²) in [5.74, 6) is 0.905. The van der Waals surface area contributed by atoms with E-state index in [9.17, 15) is 0 Å². The van der Waals surface area contributed by atoms with Crippen LogP contribution < -0.4 is 10.6 Å². The fraction of sp³-hybridized carbons (Fsp3) is 0.125. The fourth-order valence-corrected chi connectivity index (χ4v) is 1.32. The summed E-state index contributed by atoms with van der Waals surface area (Å²) in [4.78, 5) is 1.94. The second-order valence-electron chi connectivity index (χ2n) is 2.75. The molecular weight excluding hydrogens is 188 g/mol. The molecule has 0 aliphatic carbocycles. The summed E-state index contributed by atoms with van der Waals surface area (Å²) in [5, 5.41) is 7.35. The summed E-state index contributed by atoms with van der Waals surface area (Å²) in [6.45, 7) is 0.589. The summed E-state index contributed by atoms with van der Waals surface area (Å²) in [6, 6.07) is 1.87. The molecule has 1 aliphatic heterocycles. The molecule has 0 fully saturated rings. The molecule has 1 aliphatic rings. The Morgan fingerprint density at radius 3 is 3.08 bits per heavy atom. The molecule has 0 amide bonds. The van der Waals surface area contributed by atoms with Crippen molar-refractivity contribution in [3.8, 4) is 0 Å². The Labute approximate surface area is 80.7 Å². The predicted octanol–water partition coefficient (Wildman–Crippen LogP) is 1.15. The molecule has 2 heterocycles. The van der Waals surface area contributed by atoms with Crippen LogP contribution in [0.2, 0.25) is 0 Å². The molecule has 68 valence electrons. The van der Waals surface area contributed by atoms with E-state index in [0.717, 1.165) is 5.82 Å². The van der Waals surface area contributed by atoms with Gasteiger partial charge in [0.15, 0.2) is 0 Å². The highest BCUT2D eigenvalue weighted by molar-refractivity contribution is 6.30. The van der Waals surface area contributed by atoms with Crippen LogP contribution in [0.25, 0.3) is 0 Å². The van der Waals surface area contributed by atoms with E-state index < -0.39 is 0 Å². The molecule has 5 heteroatoms. The number of hydrogen-bond acceptors (Lipinski definition) is 3. The zero-order valence-corrected chi connectivity index (χ0v) is 7.62. The average molecular weight is 197 g/mol. The van der Waals surface area contributed by atoms with E-state index in [2.05, 4.69) is 10.2 Å². The van der Waals surface area contributed by atoms with Crippen molar-refractivity contribution in [3.63, 3.8) is 0 Å². The van der Waals surface area contributed by atoms with Gasteiger partial charge >= 0.3 is 0 Å². The van der Waals surface area contributed by atoms with Gasteiger partial charge in [-0.2, -0.15) is 5.10 Å². The van der Waals surface area contributed by atoms with Crippen molar-refractivity contribution in [3.05, 3.63) is 35.3 Å². The SMILES string of the molecule is NC1=C(Cl)CN(c2ccn[nH]2)C=C1. The number of nitrogens with zero attached hydrogens (tertiary/aromatic N) is 2. The maximum atomic E-state index is 5.91. The van der Waals surface area contributed by atoms with E-state index in [1.165, 1.54) is 0 Å². The van der Waals surface area contributed by atoms with Gasteiger partial charge in [0, 0.05) is 18.0 Å². The molecule has 13 heavy (non-hydrogen) atoms. The number of halogens is 1. The first-order valence-corrected chi connectivity index (χ1v) is 4.23. The first kappa shape index (κ1) is 8.19. The lowest BCUT2D eigenvalue weighted by Gasteiger charge is -2.21. The molecule has 0 atom stereocenters. The van der Waals surface area contributed by atoms with Crippen LogP contribution in [-0.2, 0) is 0 Å². The van der Waals surface area contributed by atoms with E-state index in [0.29, 0.717) is 17.3 Å². The molecule has 2 rings (SSSR count). The molecule has 0 spiro atoms. The lowest BCUT2D eigenvalue weighted by atomic mass is 10.3. The van der Waals surface area contributed by atoms with Gasteiger partial charge in [-0.3, -0.25) is 5.10 Å². The highest BCUT2D eigenvalue weighted by Gasteiger charge is 2.11. The van der Waals surface area contributed by atoms with E-state index >= 15 is 0 Å². The number of rotatable bonds is 1. The van der Waals surface area contributed by atoms with Gasteiger partial charge in [0.25, 0.3) is 0 Å². The van der Waals surface area contributed by atoms with Crippen molar-refractivity contribution in [2.24, 2.45) is 5.73 Å². The molecule has 0 saturated heterocycles. The van der Waals surface area contributed by atoms with Crippen molar-refractivity contribution in [1.82, 2.24) is 10.2 Å². The third-order valence-corrected chi connectivity index (χ3v) is 2.19. The third kappa shape index (κ3) is 1.53. The van der Waals surface area contributed by atoms with Gasteiger partial charge in [-0.1, -0.05) is 11.6 Å². The van der Waals surface area contributed by atoms with Gasteiger partial charge in [-0.05, 0) is 6.08 Å². The van der Waals surface area contributed by atoms with E-state index in [-0.39, 0.29) is 0 Å². The van der Waals surface area contributed by atoms with Crippen LogP contribution >= 0.6 is 11.6 Å². The number of anilines is 1. The smallest absolute Gasteiger partial charge is 0.128 e. The predicted molar refractivity (Wildman–Crippen MR) is 52.1 cm³/mol. The number of H-pyrrole nitrogens is 1. The van der Waals surface area contributed by atoms with E-state index in [1.807, 2.05) is 17.2 Å². The van der Waals surface area contributed by atoms with Gasteiger partial charge in [-0.15, -0.1) is 0 Å². The van der Waals surface area contributed by atoms with Crippen LogP contribution in [-0.4, -0.2) is 16.7 Å². The van der Waals surface area contributed by atoms with Crippen molar-refractivity contribution < 1.29 is 0 Å². The first-order valence-electron chi connectivity index (χ1n) is 3.86. The first-order chi connectivity index (χ1) is 6.27. The minimum atomic E-state index is 0.589. The molecule has 0 saturated carbocycles. The van der Waals surface area contributed by atoms with Crippen LogP contribution in [0, 0.1) is 0 Å². The summed E-state index contributed by atoms with van der Waals surface area (Å²) < 4.78 is 0. The lowest BCUT2D eigenvalue weighted by molar-refractivity contribution is 0.971. The Morgan fingerprint density at radius 2 is 2.46 bits per heavy atom. The number of nitrogens with two attached hydrogens (primary N) is 1. The van der Waals surface area contributed by atoms with Gasteiger partial charge in [0.2, 0.25) is 0 Å². The van der Waals surface area contributed by atoms with Gasteiger partial charge in [0.05, 0.1) is 17.8 Å². The summed E-state index contributed by atoms with van der Waals surface area (Å²) in [5.41, 5.74) is 6.22. The molecule has 1 aromatic heterocycles. The lowest BCUT2D eigenvalue weighted by Crippen LogP contribution is -2.23. The van der Waals surface area contributed by atoms with E-state index in [1.54, 1.807) is 12.3 Å². The maximum Gasteiger partial charge on any atom is 0.128 e. The Hall–Kier alpha value is -1.42. The van der Waals surface area contributed by atoms with Gasteiger partial charge < -0.3 is 10.6 Å². The summed E-state index contributed by atoms with van der Waals surface area (Å²) in [6.07, 6.45) is 5.33. The van der Waals surface area contributed by atoms with E-state index in [4.69, 9.17) is 17.3 Å². The van der Waals surface area contributed by atoms with Crippen LogP contribution in [0.1, 0.15) is 0 Å². The summed E-state index contributed by atoms with van der Waals surface area (Å²) in [7, 11) is 0. The quantitative estimate of drug-likeness (QED) is 0.709. The maximum absolute atomic E-state index is 5.91. The Bertz CT molecular complexity index is 352. The molecule has 0 radical (unpaired) electrons. The molecule has 0 unspecified atom stereocenters.